The molecule has 0 spiro atoms. The smallest absolute Gasteiger partial charge is 0.306 e. The van der Waals surface area contributed by atoms with Crippen LogP contribution in [0.3, 0.4) is 0 Å². The number of hydrogen-bond donors (Lipinski definition) is 1. The number of ether oxygens (including phenoxy) is 1. The normalized spacial score (nSPS) is 13.2. The summed E-state index contributed by atoms with van der Waals surface area (Å²) in [5.74, 6) is -0.798. The summed E-state index contributed by atoms with van der Waals surface area (Å²) in [6, 6.07) is 0. The van der Waals surface area contributed by atoms with Crippen molar-refractivity contribution in [2.45, 2.75) is 174 Å². The first-order chi connectivity index (χ1) is 23.1. The van der Waals surface area contributed by atoms with E-state index in [0.29, 0.717) is 6.42 Å². The van der Waals surface area contributed by atoms with Gasteiger partial charge in [0.25, 0.3) is 0 Å². The summed E-state index contributed by atoms with van der Waals surface area (Å²) in [4.78, 5) is 23.3. The number of carbonyl (C=O) groups excluding carboxylic acids is 1. The number of carboxylic acid groups (broad SMARTS) is 1. The molecular formula is C43H70O4. The van der Waals surface area contributed by atoms with Gasteiger partial charge in [0.1, 0.15) is 6.10 Å². The molecule has 0 radical (unpaired) electrons. The zero-order valence-electron chi connectivity index (χ0n) is 30.3. The largest absolute Gasteiger partial charge is 0.481 e. The predicted octanol–water partition coefficient (Wildman–Crippen LogP) is 13.3. The molecule has 0 saturated carbocycles. The molecule has 0 rings (SSSR count). The van der Waals surface area contributed by atoms with Crippen molar-refractivity contribution in [1.29, 1.82) is 0 Å². The average molecular weight is 651 g/mol. The molecule has 0 saturated heterocycles. The van der Waals surface area contributed by atoms with Gasteiger partial charge in [-0.1, -0.05) is 144 Å². The molecule has 0 aliphatic heterocycles. The summed E-state index contributed by atoms with van der Waals surface area (Å²) in [5, 5.41) is 8.77. The fraction of sp³-hybridized carbons (Fsp3) is 0.628. The Bertz CT molecular complexity index is 918. The highest BCUT2D eigenvalue weighted by Gasteiger charge is 2.11. The van der Waals surface area contributed by atoms with Crippen LogP contribution in [-0.4, -0.2) is 23.1 Å². The van der Waals surface area contributed by atoms with Crippen LogP contribution in [0.5, 0.6) is 0 Å². The van der Waals surface area contributed by atoms with Gasteiger partial charge in [-0.2, -0.15) is 0 Å². The maximum atomic E-state index is 12.6. The lowest BCUT2D eigenvalue weighted by Gasteiger charge is -2.14. The summed E-state index contributed by atoms with van der Waals surface area (Å²) in [6.07, 6.45) is 54.7. The van der Waals surface area contributed by atoms with E-state index in [1.165, 1.54) is 25.7 Å². The molecule has 0 aliphatic carbocycles. The van der Waals surface area contributed by atoms with E-state index in [1.807, 2.05) is 0 Å². The molecule has 4 heteroatoms. The standard InChI is InChI=1S/C43H70O4/c1-3-5-7-9-11-13-14-15-16-17-18-19-20-21-22-24-26-32-36-40-43(46)47-41(37-33-29-25-23-12-10-8-6-4-2)38-34-30-27-28-31-35-39-42(44)45/h5,7,11,13,15-16,18-19,21-23,25,33,37,41H,3-4,6,8-10,12,14,17,20,24,26-32,34-36,38-40H2,1-2H3,(H,44,45)/b7-5-,13-11-,16-15-,19-18-,22-21-,25-23-,37-33-. The quantitative estimate of drug-likeness (QED) is 0.0436. The fourth-order valence-corrected chi connectivity index (χ4v) is 5.04. The second kappa shape index (κ2) is 37.6. The van der Waals surface area contributed by atoms with Crippen LogP contribution in [0.15, 0.2) is 85.1 Å². The van der Waals surface area contributed by atoms with Gasteiger partial charge in [-0.25, -0.2) is 0 Å². The highest BCUT2D eigenvalue weighted by molar-refractivity contribution is 5.69. The Balaban J connectivity index is 4.20. The van der Waals surface area contributed by atoms with Crippen LogP contribution in [0.2, 0.25) is 0 Å². The SMILES string of the molecule is CC/C=C\C/C=C\C/C=C\C/C=C\C/C=C\CCCCCC(=O)OC(/C=C\C/C=C\CCCCCC)CCCCCCCCC(=O)O. The Morgan fingerprint density at radius 3 is 1.51 bits per heavy atom. The van der Waals surface area contributed by atoms with E-state index in [2.05, 4.69) is 98.9 Å². The van der Waals surface area contributed by atoms with E-state index >= 15 is 0 Å². The van der Waals surface area contributed by atoms with E-state index in [-0.39, 0.29) is 18.5 Å². The topological polar surface area (TPSA) is 63.6 Å². The Morgan fingerprint density at radius 2 is 0.957 bits per heavy atom. The third-order valence-electron chi connectivity index (χ3n) is 7.84. The molecule has 0 aromatic carbocycles. The second-order valence-electron chi connectivity index (χ2n) is 12.4. The number of carbonyl (C=O) groups is 2. The molecule has 1 N–H and O–H groups in total. The molecule has 0 aromatic heterocycles. The molecule has 0 heterocycles. The van der Waals surface area contributed by atoms with Crippen molar-refractivity contribution in [3.05, 3.63) is 85.1 Å². The van der Waals surface area contributed by atoms with Gasteiger partial charge in [0.2, 0.25) is 0 Å². The zero-order chi connectivity index (χ0) is 34.3. The van der Waals surface area contributed by atoms with Crippen molar-refractivity contribution in [2.24, 2.45) is 0 Å². The van der Waals surface area contributed by atoms with Crippen LogP contribution in [0.25, 0.3) is 0 Å². The predicted molar refractivity (Wildman–Crippen MR) is 204 cm³/mol. The fourth-order valence-electron chi connectivity index (χ4n) is 5.04. The van der Waals surface area contributed by atoms with Crippen LogP contribution in [-0.2, 0) is 14.3 Å². The highest BCUT2D eigenvalue weighted by Crippen LogP contribution is 2.15. The zero-order valence-corrected chi connectivity index (χ0v) is 30.3. The Kier molecular flexibility index (Phi) is 35.3. The lowest BCUT2D eigenvalue weighted by Crippen LogP contribution is -2.16. The van der Waals surface area contributed by atoms with Crippen molar-refractivity contribution in [1.82, 2.24) is 0 Å². The van der Waals surface area contributed by atoms with Crippen LogP contribution in [0.4, 0.5) is 0 Å². The monoisotopic (exact) mass is 651 g/mol. The van der Waals surface area contributed by atoms with Crippen molar-refractivity contribution in [2.75, 3.05) is 0 Å². The van der Waals surface area contributed by atoms with Gasteiger partial charge >= 0.3 is 11.9 Å². The molecule has 0 bridgehead atoms. The van der Waals surface area contributed by atoms with E-state index in [0.717, 1.165) is 116 Å². The molecule has 0 aromatic rings. The average Bonchev–Trinajstić information content (AvgIpc) is 3.05. The van der Waals surface area contributed by atoms with E-state index in [9.17, 15) is 9.59 Å². The Labute approximate surface area is 289 Å². The van der Waals surface area contributed by atoms with E-state index in [1.54, 1.807) is 0 Å². The molecular weight excluding hydrogens is 580 g/mol. The molecule has 266 valence electrons. The van der Waals surface area contributed by atoms with Crippen molar-refractivity contribution >= 4 is 11.9 Å². The summed E-state index contributed by atoms with van der Waals surface area (Å²) in [6.45, 7) is 4.39. The summed E-state index contributed by atoms with van der Waals surface area (Å²) in [5.41, 5.74) is 0. The van der Waals surface area contributed by atoms with Crippen LogP contribution in [0.1, 0.15) is 168 Å². The third-order valence-corrected chi connectivity index (χ3v) is 7.84. The molecule has 0 fully saturated rings. The first-order valence-corrected chi connectivity index (χ1v) is 19.1. The Hall–Kier alpha value is -2.88. The third kappa shape index (κ3) is 37.5. The van der Waals surface area contributed by atoms with Gasteiger partial charge in [0.05, 0.1) is 0 Å². The Morgan fingerprint density at radius 1 is 0.511 bits per heavy atom. The number of hydrogen-bond acceptors (Lipinski definition) is 3. The molecule has 4 nitrogen and oxygen atoms in total. The number of esters is 1. The highest BCUT2D eigenvalue weighted by atomic mass is 16.5. The molecule has 47 heavy (non-hydrogen) atoms. The minimum absolute atomic E-state index is 0.0883. The number of unbranched alkanes of at least 4 members (excludes halogenated alkanes) is 12. The van der Waals surface area contributed by atoms with Crippen molar-refractivity contribution < 1.29 is 19.4 Å². The molecule has 0 amide bonds. The van der Waals surface area contributed by atoms with Gasteiger partial charge in [-0.05, 0) is 96.0 Å². The summed E-state index contributed by atoms with van der Waals surface area (Å²) >= 11 is 0. The number of allylic oxidation sites excluding steroid dienone is 13. The first-order valence-electron chi connectivity index (χ1n) is 19.1. The summed E-state index contributed by atoms with van der Waals surface area (Å²) in [7, 11) is 0. The number of rotatable bonds is 33. The minimum Gasteiger partial charge on any atom is -0.481 e. The van der Waals surface area contributed by atoms with E-state index in [4.69, 9.17) is 9.84 Å². The summed E-state index contributed by atoms with van der Waals surface area (Å²) < 4.78 is 5.88. The van der Waals surface area contributed by atoms with Crippen LogP contribution >= 0.6 is 0 Å². The van der Waals surface area contributed by atoms with E-state index < -0.39 is 5.97 Å². The van der Waals surface area contributed by atoms with Crippen molar-refractivity contribution in [3.8, 4) is 0 Å². The van der Waals surface area contributed by atoms with Gasteiger partial charge < -0.3 is 9.84 Å². The minimum atomic E-state index is -0.710. The maximum Gasteiger partial charge on any atom is 0.306 e. The van der Waals surface area contributed by atoms with Crippen molar-refractivity contribution in [3.63, 3.8) is 0 Å². The molecule has 1 atom stereocenters. The lowest BCUT2D eigenvalue weighted by atomic mass is 10.1. The molecule has 1 unspecified atom stereocenters. The van der Waals surface area contributed by atoms with Gasteiger partial charge in [0.15, 0.2) is 0 Å². The van der Waals surface area contributed by atoms with Crippen LogP contribution in [0, 0.1) is 0 Å². The van der Waals surface area contributed by atoms with Crippen LogP contribution < -0.4 is 0 Å². The van der Waals surface area contributed by atoms with Gasteiger partial charge in [-0.3, -0.25) is 9.59 Å². The van der Waals surface area contributed by atoms with Gasteiger partial charge in [-0.15, -0.1) is 0 Å². The number of aliphatic carboxylic acids is 1. The number of carboxylic acids is 1. The molecule has 0 aliphatic rings. The lowest BCUT2D eigenvalue weighted by molar-refractivity contribution is -0.147. The first kappa shape index (κ1) is 44.1. The second-order valence-corrected chi connectivity index (χ2v) is 12.4. The maximum absolute atomic E-state index is 12.6. The van der Waals surface area contributed by atoms with Gasteiger partial charge in [0, 0.05) is 12.8 Å².